The number of nitrogen functional groups attached to an aromatic ring is 1. The van der Waals surface area contributed by atoms with Gasteiger partial charge in [-0.25, -0.2) is 9.97 Å². The van der Waals surface area contributed by atoms with Crippen molar-refractivity contribution in [2.75, 3.05) is 16.4 Å². The Morgan fingerprint density at radius 3 is 2.75 bits per heavy atom. The minimum Gasteiger partial charge on any atom is -0.382 e. The van der Waals surface area contributed by atoms with Crippen LogP contribution in [-0.4, -0.2) is 21.9 Å². The lowest BCUT2D eigenvalue weighted by atomic mass is 9.67. The molecule has 2 saturated carbocycles. The van der Waals surface area contributed by atoms with Crippen LogP contribution < -0.4 is 16.4 Å². The van der Waals surface area contributed by atoms with Crippen LogP contribution in [-0.2, 0) is 4.79 Å². The standard InChI is InChI=1S/C14H19N5O/c1-13(2)7-3-4-14(13,8(20)5-7)12-18-9-10(15)16-6-17-11(9)19-12/h6-7,12,18H,3-5H2,1-2H3,(H3,15,16,17,19). The zero-order valence-electron chi connectivity index (χ0n) is 11.7. The summed E-state index contributed by atoms with van der Waals surface area (Å²) in [6.07, 6.45) is 4.06. The molecule has 2 aliphatic carbocycles. The van der Waals surface area contributed by atoms with Gasteiger partial charge in [-0.05, 0) is 24.2 Å². The highest BCUT2D eigenvalue weighted by Crippen LogP contribution is 2.66. The Bertz CT molecular complexity index is 614. The van der Waals surface area contributed by atoms with Gasteiger partial charge in [0.05, 0.1) is 5.41 Å². The topological polar surface area (TPSA) is 92.9 Å². The molecule has 3 atom stereocenters. The third-order valence-electron chi connectivity index (χ3n) is 5.93. The smallest absolute Gasteiger partial charge is 0.156 e. The number of rotatable bonds is 1. The summed E-state index contributed by atoms with van der Waals surface area (Å²) in [5, 5.41) is 6.73. The maximum absolute atomic E-state index is 12.6. The molecule has 2 heterocycles. The SMILES string of the molecule is CC1(C)C2CCC1(C1Nc3ncnc(N)c3N1)C(=O)C2. The highest BCUT2D eigenvalue weighted by atomic mass is 16.1. The molecule has 2 fully saturated rings. The highest BCUT2D eigenvalue weighted by molar-refractivity contribution is 5.93. The van der Waals surface area contributed by atoms with Gasteiger partial charge in [0.1, 0.15) is 24.0 Å². The van der Waals surface area contributed by atoms with E-state index in [9.17, 15) is 4.79 Å². The summed E-state index contributed by atoms with van der Waals surface area (Å²) in [7, 11) is 0. The number of Topliss-reactive ketones (excluding diaryl/α,β-unsaturated/α-hetero) is 1. The number of nitrogens with two attached hydrogens (primary N) is 1. The molecule has 6 nitrogen and oxygen atoms in total. The number of fused-ring (bicyclic) bond motifs is 3. The third-order valence-corrected chi connectivity index (χ3v) is 5.93. The first-order chi connectivity index (χ1) is 9.47. The zero-order chi connectivity index (χ0) is 14.1. The number of nitrogens with one attached hydrogen (secondary N) is 2. The van der Waals surface area contributed by atoms with E-state index in [4.69, 9.17) is 5.73 Å². The molecule has 20 heavy (non-hydrogen) atoms. The van der Waals surface area contributed by atoms with E-state index in [0.29, 0.717) is 29.8 Å². The van der Waals surface area contributed by atoms with Crippen LogP contribution in [0.15, 0.2) is 6.33 Å². The average molecular weight is 273 g/mol. The second-order valence-electron chi connectivity index (χ2n) is 6.76. The molecule has 0 spiro atoms. The fourth-order valence-electron chi connectivity index (χ4n) is 4.60. The molecular weight excluding hydrogens is 254 g/mol. The van der Waals surface area contributed by atoms with Crippen LogP contribution in [0.3, 0.4) is 0 Å². The number of anilines is 3. The lowest BCUT2D eigenvalue weighted by Crippen LogP contribution is -2.51. The summed E-state index contributed by atoms with van der Waals surface area (Å²) in [4.78, 5) is 20.9. The summed E-state index contributed by atoms with van der Waals surface area (Å²) < 4.78 is 0. The predicted molar refractivity (Wildman–Crippen MR) is 76.0 cm³/mol. The first-order valence-corrected chi connectivity index (χ1v) is 7.13. The van der Waals surface area contributed by atoms with E-state index in [-0.39, 0.29) is 17.0 Å². The molecule has 0 radical (unpaired) electrons. The van der Waals surface area contributed by atoms with Crippen LogP contribution in [0, 0.1) is 16.7 Å². The average Bonchev–Trinajstić information content (AvgIpc) is 2.98. The first-order valence-electron chi connectivity index (χ1n) is 7.13. The molecule has 3 aliphatic rings. The quantitative estimate of drug-likeness (QED) is 0.720. The predicted octanol–water partition coefficient (Wildman–Crippen LogP) is 1.62. The second kappa shape index (κ2) is 3.42. The van der Waals surface area contributed by atoms with Gasteiger partial charge in [0.2, 0.25) is 0 Å². The fraction of sp³-hybridized carbons (Fsp3) is 0.643. The van der Waals surface area contributed by atoms with Gasteiger partial charge in [-0.2, -0.15) is 0 Å². The van der Waals surface area contributed by atoms with E-state index in [2.05, 4.69) is 34.4 Å². The van der Waals surface area contributed by atoms with Crippen LogP contribution in [0.1, 0.15) is 33.1 Å². The van der Waals surface area contributed by atoms with Crippen LogP contribution >= 0.6 is 0 Å². The van der Waals surface area contributed by atoms with Crippen molar-refractivity contribution in [2.24, 2.45) is 16.7 Å². The monoisotopic (exact) mass is 273 g/mol. The Morgan fingerprint density at radius 1 is 1.35 bits per heavy atom. The molecule has 2 bridgehead atoms. The maximum Gasteiger partial charge on any atom is 0.156 e. The van der Waals surface area contributed by atoms with Crippen LogP contribution in [0.2, 0.25) is 0 Å². The van der Waals surface area contributed by atoms with Crippen molar-refractivity contribution < 1.29 is 4.79 Å². The van der Waals surface area contributed by atoms with Gasteiger partial charge < -0.3 is 16.4 Å². The number of nitrogens with zero attached hydrogens (tertiary/aromatic N) is 2. The first kappa shape index (κ1) is 11.9. The Balaban J connectivity index is 1.77. The summed E-state index contributed by atoms with van der Waals surface area (Å²) in [5.74, 6) is 1.99. The Hall–Kier alpha value is -1.85. The number of carbonyl (C=O) groups excluding carboxylic acids is 1. The van der Waals surface area contributed by atoms with Gasteiger partial charge in [-0.15, -0.1) is 0 Å². The van der Waals surface area contributed by atoms with Gasteiger partial charge in [0.15, 0.2) is 11.6 Å². The minimum atomic E-state index is -0.370. The van der Waals surface area contributed by atoms with Crippen molar-refractivity contribution in [3.8, 4) is 0 Å². The number of aromatic nitrogens is 2. The second-order valence-corrected chi connectivity index (χ2v) is 6.76. The summed E-state index contributed by atoms with van der Waals surface area (Å²) in [5.41, 5.74) is 6.25. The molecule has 3 unspecified atom stereocenters. The number of ketones is 1. The van der Waals surface area contributed by atoms with E-state index in [1.807, 2.05) is 0 Å². The van der Waals surface area contributed by atoms with Gasteiger partial charge >= 0.3 is 0 Å². The van der Waals surface area contributed by atoms with Crippen molar-refractivity contribution in [1.29, 1.82) is 0 Å². The lowest BCUT2D eigenvalue weighted by Gasteiger charge is -2.41. The molecule has 106 valence electrons. The molecule has 1 aliphatic heterocycles. The largest absolute Gasteiger partial charge is 0.382 e. The van der Waals surface area contributed by atoms with Gasteiger partial charge in [-0.1, -0.05) is 13.8 Å². The third kappa shape index (κ3) is 1.13. The van der Waals surface area contributed by atoms with Gasteiger partial charge in [0, 0.05) is 6.42 Å². The van der Waals surface area contributed by atoms with Gasteiger partial charge in [-0.3, -0.25) is 4.79 Å². The summed E-state index contributed by atoms with van der Waals surface area (Å²) in [6.45, 7) is 4.44. The number of hydrogen-bond acceptors (Lipinski definition) is 6. The van der Waals surface area contributed by atoms with Crippen molar-refractivity contribution in [1.82, 2.24) is 9.97 Å². The molecule has 0 saturated heterocycles. The highest BCUT2D eigenvalue weighted by Gasteiger charge is 2.68. The van der Waals surface area contributed by atoms with E-state index in [1.54, 1.807) is 0 Å². The van der Waals surface area contributed by atoms with E-state index < -0.39 is 0 Å². The normalized spacial score (nSPS) is 36.6. The fourth-order valence-corrected chi connectivity index (χ4v) is 4.60. The Kier molecular flexibility index (Phi) is 2.04. The van der Waals surface area contributed by atoms with Crippen molar-refractivity contribution >= 4 is 23.1 Å². The Labute approximate surface area is 117 Å². The molecule has 1 aromatic rings. The number of hydrogen-bond donors (Lipinski definition) is 3. The van der Waals surface area contributed by atoms with Crippen molar-refractivity contribution in [2.45, 2.75) is 39.3 Å². The van der Waals surface area contributed by atoms with Crippen LogP contribution in [0.25, 0.3) is 0 Å². The van der Waals surface area contributed by atoms with E-state index in [0.717, 1.165) is 18.5 Å². The molecule has 1 aromatic heterocycles. The Morgan fingerprint density at radius 2 is 2.15 bits per heavy atom. The zero-order valence-corrected chi connectivity index (χ0v) is 11.7. The maximum atomic E-state index is 12.6. The molecule has 6 heteroatoms. The molecule has 0 amide bonds. The van der Waals surface area contributed by atoms with Crippen molar-refractivity contribution in [3.63, 3.8) is 0 Å². The molecule has 4 N–H and O–H groups in total. The van der Waals surface area contributed by atoms with Crippen LogP contribution in [0.5, 0.6) is 0 Å². The molecule has 4 rings (SSSR count). The molecule has 0 aromatic carbocycles. The molecular formula is C14H19N5O. The lowest BCUT2D eigenvalue weighted by molar-refractivity contribution is -0.130. The van der Waals surface area contributed by atoms with Crippen molar-refractivity contribution in [3.05, 3.63) is 6.33 Å². The van der Waals surface area contributed by atoms with Crippen LogP contribution in [0.4, 0.5) is 17.3 Å². The van der Waals surface area contributed by atoms with E-state index in [1.165, 1.54) is 6.33 Å². The summed E-state index contributed by atoms with van der Waals surface area (Å²) in [6, 6.07) is 0. The van der Waals surface area contributed by atoms with E-state index >= 15 is 0 Å². The summed E-state index contributed by atoms with van der Waals surface area (Å²) >= 11 is 0. The minimum absolute atomic E-state index is 0.00101. The number of carbonyl (C=O) groups is 1. The van der Waals surface area contributed by atoms with Gasteiger partial charge in [0.25, 0.3) is 0 Å².